The molecule has 1 atom stereocenters. The van der Waals surface area contributed by atoms with Crippen molar-refractivity contribution in [2.75, 3.05) is 13.7 Å². The lowest BCUT2D eigenvalue weighted by molar-refractivity contribution is -0.384. The lowest BCUT2D eigenvalue weighted by Crippen LogP contribution is -2.40. The third-order valence-electron chi connectivity index (χ3n) is 5.93. The Morgan fingerprint density at radius 2 is 1.95 bits per heavy atom. The summed E-state index contributed by atoms with van der Waals surface area (Å²) in [4.78, 5) is 54.3. The van der Waals surface area contributed by atoms with Gasteiger partial charge in [0.05, 0.1) is 40.5 Å². The number of nitro groups is 1. The van der Waals surface area contributed by atoms with E-state index in [2.05, 4.69) is 4.99 Å². The van der Waals surface area contributed by atoms with Crippen LogP contribution >= 0.6 is 11.3 Å². The molecular weight excluding hydrogens is 538 g/mol. The Hall–Kier alpha value is -4.58. The topological polar surface area (TPSA) is 139 Å². The molecule has 0 saturated carbocycles. The normalized spacial score (nSPS) is 14.9. The third kappa shape index (κ3) is 5.86. The minimum Gasteiger partial charge on any atom is -0.493 e. The SMILES string of the molecule is COc1cc([C@@H]2C(C(=O)OCC(C)C)=C(C)N=c3s/c(=C\c4cccc([N+](=O)[O-])c4)c(=O)n32)ccc1OC(C)=O. The molecule has 40 heavy (non-hydrogen) atoms. The predicted molar refractivity (Wildman–Crippen MR) is 147 cm³/mol. The fraction of sp³-hybridized carbons (Fsp3) is 0.286. The Morgan fingerprint density at radius 1 is 1.20 bits per heavy atom. The van der Waals surface area contributed by atoms with Crippen LogP contribution < -0.4 is 24.4 Å². The Labute approximate surface area is 232 Å². The van der Waals surface area contributed by atoms with Crippen LogP contribution in [0, 0.1) is 16.0 Å². The molecule has 208 valence electrons. The molecule has 1 aliphatic heterocycles. The van der Waals surface area contributed by atoms with Crippen LogP contribution in [0.2, 0.25) is 0 Å². The van der Waals surface area contributed by atoms with Crippen LogP contribution in [-0.2, 0) is 14.3 Å². The van der Waals surface area contributed by atoms with E-state index in [-0.39, 0.29) is 39.8 Å². The molecule has 0 N–H and O–H groups in total. The fourth-order valence-electron chi connectivity index (χ4n) is 4.19. The first kappa shape index (κ1) is 28.4. The standard InChI is InChI=1S/C28H27N3O8S/c1-15(2)14-38-27(34)24-16(3)29-28-30(25(24)19-9-10-21(39-17(4)32)22(13-19)37-5)26(33)23(40-28)12-18-7-6-8-20(11-18)31(35)36/h6-13,15,25H,14H2,1-5H3/b23-12-/t25-/m1/s1. The van der Waals surface area contributed by atoms with Crippen molar-refractivity contribution >= 4 is 35.0 Å². The zero-order valence-electron chi connectivity index (χ0n) is 22.5. The second-order valence-corrected chi connectivity index (χ2v) is 10.4. The first-order valence-corrected chi connectivity index (χ1v) is 13.1. The maximum Gasteiger partial charge on any atom is 0.338 e. The lowest BCUT2D eigenvalue weighted by atomic mass is 9.95. The molecule has 0 amide bonds. The average molecular weight is 566 g/mol. The van der Waals surface area contributed by atoms with Gasteiger partial charge in [0, 0.05) is 19.1 Å². The van der Waals surface area contributed by atoms with E-state index >= 15 is 0 Å². The second-order valence-electron chi connectivity index (χ2n) is 9.43. The summed E-state index contributed by atoms with van der Waals surface area (Å²) in [5, 5.41) is 11.2. The highest BCUT2D eigenvalue weighted by Crippen LogP contribution is 2.36. The van der Waals surface area contributed by atoms with E-state index in [0.717, 1.165) is 11.3 Å². The van der Waals surface area contributed by atoms with Crippen molar-refractivity contribution in [3.05, 3.63) is 94.7 Å². The van der Waals surface area contributed by atoms with Crippen molar-refractivity contribution in [3.63, 3.8) is 0 Å². The summed E-state index contributed by atoms with van der Waals surface area (Å²) in [5.74, 6) is -0.648. The molecular formula is C28H27N3O8S. The van der Waals surface area contributed by atoms with Gasteiger partial charge in [-0.05, 0) is 42.2 Å². The number of aromatic nitrogens is 1. The molecule has 1 aliphatic rings. The quantitative estimate of drug-likeness (QED) is 0.176. The number of hydrogen-bond donors (Lipinski definition) is 0. The Bertz CT molecular complexity index is 1720. The highest BCUT2D eigenvalue weighted by molar-refractivity contribution is 7.07. The summed E-state index contributed by atoms with van der Waals surface area (Å²) in [5.41, 5.74) is 0.981. The molecule has 12 heteroatoms. The number of fused-ring (bicyclic) bond motifs is 1. The first-order valence-electron chi connectivity index (χ1n) is 12.3. The summed E-state index contributed by atoms with van der Waals surface area (Å²) in [7, 11) is 1.41. The number of nitrogens with zero attached hydrogens (tertiary/aromatic N) is 3. The number of benzene rings is 2. The minimum absolute atomic E-state index is 0.0857. The van der Waals surface area contributed by atoms with Gasteiger partial charge in [-0.2, -0.15) is 0 Å². The van der Waals surface area contributed by atoms with E-state index in [0.29, 0.717) is 21.6 Å². The van der Waals surface area contributed by atoms with Crippen molar-refractivity contribution in [1.82, 2.24) is 4.57 Å². The second kappa shape index (κ2) is 11.7. The summed E-state index contributed by atoms with van der Waals surface area (Å²) in [6, 6.07) is 9.75. The summed E-state index contributed by atoms with van der Waals surface area (Å²) in [6.07, 6.45) is 1.55. The number of thiazole rings is 1. The van der Waals surface area contributed by atoms with Gasteiger partial charge in [0.2, 0.25) is 0 Å². The Balaban J connectivity index is 1.93. The molecule has 11 nitrogen and oxygen atoms in total. The van der Waals surface area contributed by atoms with Crippen LogP contribution in [0.15, 0.2) is 63.5 Å². The third-order valence-corrected chi connectivity index (χ3v) is 6.91. The van der Waals surface area contributed by atoms with E-state index in [1.807, 2.05) is 13.8 Å². The molecule has 1 aromatic heterocycles. The van der Waals surface area contributed by atoms with Crippen LogP contribution in [0.1, 0.15) is 44.9 Å². The molecule has 3 aromatic rings. The van der Waals surface area contributed by atoms with Crippen LogP contribution in [0.3, 0.4) is 0 Å². The molecule has 0 fully saturated rings. The zero-order chi connectivity index (χ0) is 29.1. The van der Waals surface area contributed by atoms with Crippen molar-refractivity contribution in [1.29, 1.82) is 0 Å². The zero-order valence-corrected chi connectivity index (χ0v) is 23.3. The number of allylic oxidation sites excluding steroid dienone is 1. The Kier molecular flexibility index (Phi) is 8.29. The van der Waals surface area contributed by atoms with Crippen LogP contribution in [-0.4, -0.2) is 35.1 Å². The number of carbonyl (C=O) groups excluding carboxylic acids is 2. The van der Waals surface area contributed by atoms with Gasteiger partial charge in [0.15, 0.2) is 16.3 Å². The fourth-order valence-corrected chi connectivity index (χ4v) is 5.24. The molecule has 0 bridgehead atoms. The van der Waals surface area contributed by atoms with Gasteiger partial charge in [-0.3, -0.25) is 24.3 Å². The van der Waals surface area contributed by atoms with E-state index in [9.17, 15) is 24.5 Å². The summed E-state index contributed by atoms with van der Waals surface area (Å²) in [6.45, 7) is 6.93. The van der Waals surface area contributed by atoms with Gasteiger partial charge in [-0.15, -0.1) is 0 Å². The van der Waals surface area contributed by atoms with Gasteiger partial charge in [-0.25, -0.2) is 9.79 Å². The van der Waals surface area contributed by atoms with Crippen LogP contribution in [0.4, 0.5) is 5.69 Å². The predicted octanol–water partition coefficient (Wildman–Crippen LogP) is 3.28. The number of non-ortho nitro benzene ring substituents is 1. The molecule has 0 unspecified atom stereocenters. The number of ether oxygens (including phenoxy) is 3. The molecule has 0 aliphatic carbocycles. The number of hydrogen-bond acceptors (Lipinski definition) is 10. The van der Waals surface area contributed by atoms with Crippen molar-refractivity contribution in [2.24, 2.45) is 10.9 Å². The maximum atomic E-state index is 13.8. The number of rotatable bonds is 8. The molecule has 0 spiro atoms. The van der Waals surface area contributed by atoms with Gasteiger partial charge in [0.25, 0.3) is 11.2 Å². The van der Waals surface area contributed by atoms with E-state index < -0.39 is 28.5 Å². The molecule has 2 aromatic carbocycles. The summed E-state index contributed by atoms with van der Waals surface area (Å²) < 4.78 is 17.9. The van der Waals surface area contributed by atoms with Gasteiger partial charge in [0.1, 0.15) is 0 Å². The molecule has 0 radical (unpaired) electrons. The molecule has 2 heterocycles. The van der Waals surface area contributed by atoms with Crippen LogP contribution in [0.5, 0.6) is 11.5 Å². The van der Waals surface area contributed by atoms with Crippen molar-refractivity contribution in [3.8, 4) is 11.5 Å². The average Bonchev–Trinajstić information content (AvgIpc) is 3.20. The molecule has 0 saturated heterocycles. The first-order chi connectivity index (χ1) is 19.0. The van der Waals surface area contributed by atoms with E-state index in [1.54, 1.807) is 31.2 Å². The minimum atomic E-state index is -0.927. The molecule has 4 rings (SSSR count). The maximum absolute atomic E-state index is 13.8. The van der Waals surface area contributed by atoms with E-state index in [1.165, 1.54) is 42.9 Å². The highest BCUT2D eigenvalue weighted by atomic mass is 32.1. The van der Waals surface area contributed by atoms with Gasteiger partial charge >= 0.3 is 11.9 Å². The van der Waals surface area contributed by atoms with Crippen molar-refractivity contribution in [2.45, 2.75) is 33.7 Å². The lowest BCUT2D eigenvalue weighted by Gasteiger charge is -2.25. The van der Waals surface area contributed by atoms with E-state index in [4.69, 9.17) is 14.2 Å². The number of carbonyl (C=O) groups is 2. The highest BCUT2D eigenvalue weighted by Gasteiger charge is 2.34. The monoisotopic (exact) mass is 565 g/mol. The smallest absolute Gasteiger partial charge is 0.338 e. The largest absolute Gasteiger partial charge is 0.493 e. The van der Waals surface area contributed by atoms with Crippen molar-refractivity contribution < 1.29 is 28.7 Å². The number of esters is 2. The van der Waals surface area contributed by atoms with Crippen LogP contribution in [0.25, 0.3) is 6.08 Å². The van der Waals surface area contributed by atoms with Gasteiger partial charge in [-0.1, -0.05) is 43.4 Å². The Morgan fingerprint density at radius 3 is 2.60 bits per heavy atom. The van der Waals surface area contributed by atoms with Gasteiger partial charge < -0.3 is 14.2 Å². The number of nitro benzene ring substituents is 1. The summed E-state index contributed by atoms with van der Waals surface area (Å²) >= 11 is 1.10. The number of methoxy groups -OCH3 is 1.